The van der Waals surface area contributed by atoms with E-state index in [4.69, 9.17) is 4.74 Å². The van der Waals surface area contributed by atoms with Crippen LogP contribution in [-0.2, 0) is 0 Å². The van der Waals surface area contributed by atoms with E-state index in [1.54, 1.807) is 0 Å². The zero-order valence-electron chi connectivity index (χ0n) is 10.3. The summed E-state index contributed by atoms with van der Waals surface area (Å²) in [4.78, 5) is 0. The number of benzene rings is 1. The van der Waals surface area contributed by atoms with Crippen LogP contribution in [0, 0.1) is 6.92 Å². The molecule has 2 nitrogen and oxygen atoms in total. The lowest BCUT2D eigenvalue weighted by atomic mass is 10.1. The van der Waals surface area contributed by atoms with Crippen molar-refractivity contribution in [3.05, 3.63) is 28.2 Å². The summed E-state index contributed by atoms with van der Waals surface area (Å²) >= 11 is 3.47. The molecule has 0 spiro atoms. The van der Waals surface area contributed by atoms with E-state index in [-0.39, 0.29) is 0 Å². The van der Waals surface area contributed by atoms with Gasteiger partial charge in [-0.3, -0.25) is 0 Å². The van der Waals surface area contributed by atoms with Gasteiger partial charge in [-0.1, -0.05) is 22.0 Å². The Labute approximate surface area is 112 Å². The van der Waals surface area contributed by atoms with Crippen LogP contribution < -0.4 is 10.1 Å². The van der Waals surface area contributed by atoms with E-state index in [1.807, 2.05) is 12.1 Å². The molecule has 3 heteroatoms. The van der Waals surface area contributed by atoms with Gasteiger partial charge in [0.15, 0.2) is 0 Å². The van der Waals surface area contributed by atoms with Gasteiger partial charge in [-0.05, 0) is 56.8 Å². The van der Waals surface area contributed by atoms with Crippen molar-refractivity contribution in [1.29, 1.82) is 0 Å². The summed E-state index contributed by atoms with van der Waals surface area (Å²) < 4.78 is 6.90. The summed E-state index contributed by atoms with van der Waals surface area (Å²) in [5.74, 6) is 0.999. The highest BCUT2D eigenvalue weighted by atomic mass is 79.9. The lowest BCUT2D eigenvalue weighted by Crippen LogP contribution is -2.21. The summed E-state index contributed by atoms with van der Waals surface area (Å²) in [6, 6.07) is 6.90. The molecule has 1 fully saturated rings. The number of ether oxygens (including phenoxy) is 1. The molecule has 1 saturated heterocycles. The molecule has 1 aromatic carbocycles. The quantitative estimate of drug-likeness (QED) is 0.838. The van der Waals surface area contributed by atoms with Gasteiger partial charge < -0.3 is 10.1 Å². The van der Waals surface area contributed by atoms with E-state index in [0.29, 0.717) is 0 Å². The number of hydrogen-bond acceptors (Lipinski definition) is 2. The van der Waals surface area contributed by atoms with Crippen LogP contribution >= 0.6 is 15.9 Å². The molecule has 94 valence electrons. The van der Waals surface area contributed by atoms with Crippen molar-refractivity contribution in [2.24, 2.45) is 0 Å². The smallest absolute Gasteiger partial charge is 0.123 e. The van der Waals surface area contributed by atoms with Crippen molar-refractivity contribution < 1.29 is 4.74 Å². The van der Waals surface area contributed by atoms with Crippen molar-refractivity contribution in [1.82, 2.24) is 5.32 Å². The molecule has 1 heterocycles. The van der Waals surface area contributed by atoms with Gasteiger partial charge in [-0.25, -0.2) is 0 Å². The topological polar surface area (TPSA) is 21.3 Å². The monoisotopic (exact) mass is 297 g/mol. The van der Waals surface area contributed by atoms with Crippen LogP contribution in [0.25, 0.3) is 0 Å². The van der Waals surface area contributed by atoms with Crippen LogP contribution in [0.2, 0.25) is 0 Å². The highest BCUT2D eigenvalue weighted by molar-refractivity contribution is 9.10. The predicted molar refractivity (Wildman–Crippen MR) is 74.6 cm³/mol. The minimum atomic E-state index is 0.724. The van der Waals surface area contributed by atoms with Gasteiger partial charge >= 0.3 is 0 Å². The Balaban J connectivity index is 1.72. The Bertz CT molecular complexity index is 361. The molecule has 0 aliphatic carbocycles. The summed E-state index contributed by atoms with van der Waals surface area (Å²) in [6.45, 7) is 4.09. The van der Waals surface area contributed by atoms with Gasteiger partial charge in [-0.2, -0.15) is 0 Å². The summed E-state index contributed by atoms with van der Waals surface area (Å²) in [5.41, 5.74) is 1.20. The van der Waals surface area contributed by atoms with Gasteiger partial charge in [0.25, 0.3) is 0 Å². The fraction of sp³-hybridized carbons (Fsp3) is 0.571. The van der Waals surface area contributed by atoms with Crippen LogP contribution in [-0.4, -0.2) is 19.2 Å². The Hall–Kier alpha value is -0.540. The maximum Gasteiger partial charge on any atom is 0.123 e. The molecule has 0 amide bonds. The second kappa shape index (κ2) is 6.41. The number of nitrogens with one attached hydrogen (secondary N) is 1. The predicted octanol–water partition coefficient (Wildman–Crippen LogP) is 3.67. The third-order valence-corrected chi connectivity index (χ3v) is 3.76. The van der Waals surface area contributed by atoms with Crippen LogP contribution in [0.1, 0.15) is 31.2 Å². The fourth-order valence-electron chi connectivity index (χ4n) is 2.24. The Morgan fingerprint density at radius 2 is 2.35 bits per heavy atom. The molecule has 0 saturated carbocycles. The van der Waals surface area contributed by atoms with Crippen molar-refractivity contribution in [3.63, 3.8) is 0 Å². The van der Waals surface area contributed by atoms with Gasteiger partial charge in [0, 0.05) is 10.5 Å². The van der Waals surface area contributed by atoms with E-state index in [0.717, 1.165) is 29.3 Å². The number of aryl methyl sites for hydroxylation is 1. The fourth-order valence-corrected chi connectivity index (χ4v) is 2.58. The Morgan fingerprint density at radius 1 is 1.47 bits per heavy atom. The molecule has 1 N–H and O–H groups in total. The van der Waals surface area contributed by atoms with Gasteiger partial charge in [-0.15, -0.1) is 0 Å². The number of halogens is 1. The second-order valence-electron chi connectivity index (χ2n) is 4.69. The maximum atomic E-state index is 5.82. The van der Waals surface area contributed by atoms with E-state index >= 15 is 0 Å². The van der Waals surface area contributed by atoms with E-state index in [1.165, 1.54) is 31.4 Å². The lowest BCUT2D eigenvalue weighted by molar-refractivity contribution is 0.297. The van der Waals surface area contributed by atoms with Crippen LogP contribution in [0.15, 0.2) is 22.7 Å². The van der Waals surface area contributed by atoms with E-state index < -0.39 is 0 Å². The first-order valence-electron chi connectivity index (χ1n) is 6.38. The molecule has 1 aliphatic rings. The molecule has 1 unspecified atom stereocenters. The summed E-state index contributed by atoms with van der Waals surface area (Å²) in [6.07, 6.45) is 5.02. The van der Waals surface area contributed by atoms with Gasteiger partial charge in [0.1, 0.15) is 5.75 Å². The number of rotatable bonds is 5. The molecule has 1 aromatic rings. The summed E-state index contributed by atoms with van der Waals surface area (Å²) in [7, 11) is 0. The first-order valence-corrected chi connectivity index (χ1v) is 7.17. The minimum Gasteiger partial charge on any atom is -0.493 e. The van der Waals surface area contributed by atoms with Crippen LogP contribution in [0.3, 0.4) is 0 Å². The van der Waals surface area contributed by atoms with Crippen molar-refractivity contribution in [2.45, 2.75) is 38.6 Å². The van der Waals surface area contributed by atoms with Crippen molar-refractivity contribution >= 4 is 15.9 Å². The summed E-state index contributed by atoms with van der Waals surface area (Å²) in [5, 5.41) is 3.51. The molecule has 17 heavy (non-hydrogen) atoms. The molecule has 1 atom stereocenters. The standard InChI is InChI=1S/C14H20BrNO/c1-11-6-7-12(15)10-14(11)17-9-3-5-13-4-2-8-16-13/h6-7,10,13,16H,2-5,8-9H2,1H3. The maximum absolute atomic E-state index is 5.82. The zero-order valence-corrected chi connectivity index (χ0v) is 11.9. The van der Waals surface area contributed by atoms with Crippen molar-refractivity contribution in [2.75, 3.05) is 13.2 Å². The minimum absolute atomic E-state index is 0.724. The van der Waals surface area contributed by atoms with E-state index in [9.17, 15) is 0 Å². The van der Waals surface area contributed by atoms with Crippen molar-refractivity contribution in [3.8, 4) is 5.75 Å². The third-order valence-electron chi connectivity index (χ3n) is 3.27. The van der Waals surface area contributed by atoms with E-state index in [2.05, 4.69) is 34.2 Å². The second-order valence-corrected chi connectivity index (χ2v) is 5.61. The molecule has 1 aliphatic heterocycles. The molecular weight excluding hydrogens is 278 g/mol. The molecule has 2 rings (SSSR count). The van der Waals surface area contributed by atoms with Gasteiger partial charge in [0.2, 0.25) is 0 Å². The zero-order chi connectivity index (χ0) is 12.1. The first-order chi connectivity index (χ1) is 8.25. The largest absolute Gasteiger partial charge is 0.493 e. The molecule has 0 radical (unpaired) electrons. The molecular formula is C14H20BrNO. The van der Waals surface area contributed by atoms with Crippen LogP contribution in [0.5, 0.6) is 5.75 Å². The number of hydrogen-bond donors (Lipinski definition) is 1. The average Bonchev–Trinajstić information content (AvgIpc) is 2.82. The molecule has 0 aromatic heterocycles. The van der Waals surface area contributed by atoms with Crippen LogP contribution in [0.4, 0.5) is 0 Å². The SMILES string of the molecule is Cc1ccc(Br)cc1OCCCC1CCCN1. The highest BCUT2D eigenvalue weighted by Crippen LogP contribution is 2.23. The Kier molecular flexibility index (Phi) is 4.86. The highest BCUT2D eigenvalue weighted by Gasteiger charge is 2.13. The Morgan fingerprint density at radius 3 is 3.12 bits per heavy atom. The molecule has 0 bridgehead atoms. The normalized spacial score (nSPS) is 19.5. The first kappa shape index (κ1) is 12.9. The van der Waals surface area contributed by atoms with Gasteiger partial charge in [0.05, 0.1) is 6.61 Å². The third kappa shape index (κ3) is 4.00. The lowest BCUT2D eigenvalue weighted by Gasteiger charge is -2.12. The average molecular weight is 298 g/mol.